The summed E-state index contributed by atoms with van der Waals surface area (Å²) in [6.45, 7) is 1.80. The minimum absolute atomic E-state index is 0.0757. The highest BCUT2D eigenvalue weighted by Gasteiger charge is 2.49. The fraction of sp³-hybridized carbons (Fsp3) is 0.250. The third-order valence-corrected chi connectivity index (χ3v) is 4.98. The van der Waals surface area contributed by atoms with Gasteiger partial charge in [-0.2, -0.15) is 0 Å². The maximum atomic E-state index is 12.8. The lowest BCUT2D eigenvalue weighted by atomic mass is 9.99. The molecule has 1 saturated heterocycles. The Morgan fingerprint density at radius 3 is 2.44 bits per heavy atom. The second-order valence-corrected chi connectivity index (χ2v) is 7.58. The number of nitrogens with zero attached hydrogens (tertiary/aromatic N) is 1. The normalized spacial score (nSPS) is 19.4. The molecule has 0 aromatic heterocycles. The minimum atomic E-state index is -1.27. The average Bonchev–Trinajstić information content (AvgIpc) is 2.82. The summed E-state index contributed by atoms with van der Waals surface area (Å²) in [6, 6.07) is 13.7. The Labute approximate surface area is 167 Å². The molecule has 1 atom stereocenters. The summed E-state index contributed by atoms with van der Waals surface area (Å²) in [4.78, 5) is 38.8. The lowest BCUT2D eigenvalue weighted by Crippen LogP contribution is -2.52. The largest absolute Gasteiger partial charge is 0.337 e. The molecular formula is C20H18Cl2N2O3. The molecule has 0 aliphatic carbocycles. The van der Waals surface area contributed by atoms with Gasteiger partial charge >= 0.3 is 0 Å². The van der Waals surface area contributed by atoms with Crippen LogP contribution in [0.5, 0.6) is 0 Å². The van der Waals surface area contributed by atoms with Gasteiger partial charge in [-0.1, -0.05) is 41.4 Å². The Hall–Kier alpha value is -2.37. The van der Waals surface area contributed by atoms with E-state index < -0.39 is 17.4 Å². The van der Waals surface area contributed by atoms with E-state index in [1.807, 2.05) is 12.1 Å². The highest BCUT2D eigenvalue weighted by atomic mass is 35.5. The van der Waals surface area contributed by atoms with Gasteiger partial charge in [0.15, 0.2) is 0 Å². The van der Waals surface area contributed by atoms with Crippen LogP contribution in [0.4, 0.5) is 0 Å². The lowest BCUT2D eigenvalue weighted by Gasteiger charge is -2.24. The summed E-state index contributed by atoms with van der Waals surface area (Å²) < 4.78 is 0. The van der Waals surface area contributed by atoms with Crippen molar-refractivity contribution in [2.45, 2.75) is 25.3 Å². The van der Waals surface area contributed by atoms with E-state index in [4.69, 9.17) is 23.2 Å². The number of carbonyl (C=O) groups is 3. The molecule has 3 rings (SSSR count). The van der Waals surface area contributed by atoms with Crippen LogP contribution in [-0.4, -0.2) is 34.7 Å². The lowest BCUT2D eigenvalue weighted by molar-refractivity contribution is -0.139. The fourth-order valence-electron chi connectivity index (χ4n) is 3.09. The monoisotopic (exact) mass is 404 g/mol. The van der Waals surface area contributed by atoms with E-state index in [1.54, 1.807) is 37.3 Å². The van der Waals surface area contributed by atoms with Gasteiger partial charge in [-0.05, 0) is 49.2 Å². The number of carbonyl (C=O) groups excluding carboxylic acids is 3. The maximum Gasteiger partial charge on any atom is 0.255 e. The second-order valence-electron chi connectivity index (χ2n) is 6.70. The van der Waals surface area contributed by atoms with Crippen molar-refractivity contribution < 1.29 is 14.4 Å². The van der Waals surface area contributed by atoms with Crippen molar-refractivity contribution in [1.82, 2.24) is 10.2 Å². The zero-order chi connectivity index (χ0) is 19.6. The summed E-state index contributed by atoms with van der Waals surface area (Å²) >= 11 is 11.9. The van der Waals surface area contributed by atoms with E-state index in [0.717, 1.165) is 5.56 Å². The van der Waals surface area contributed by atoms with Crippen molar-refractivity contribution in [1.29, 1.82) is 0 Å². The third-order valence-electron chi connectivity index (χ3n) is 4.51. The first-order chi connectivity index (χ1) is 12.8. The van der Waals surface area contributed by atoms with Gasteiger partial charge in [-0.15, -0.1) is 0 Å². The van der Waals surface area contributed by atoms with Crippen molar-refractivity contribution in [2.24, 2.45) is 0 Å². The van der Waals surface area contributed by atoms with Crippen LogP contribution in [0, 0.1) is 0 Å². The molecule has 5 nitrogen and oxygen atoms in total. The van der Waals surface area contributed by atoms with Gasteiger partial charge in [0.05, 0.1) is 6.42 Å². The Morgan fingerprint density at radius 2 is 1.78 bits per heavy atom. The molecule has 1 heterocycles. The molecule has 2 aromatic carbocycles. The summed E-state index contributed by atoms with van der Waals surface area (Å²) in [7, 11) is 0. The number of amides is 3. The molecule has 0 radical (unpaired) electrons. The molecule has 1 N–H and O–H groups in total. The second kappa shape index (κ2) is 7.71. The van der Waals surface area contributed by atoms with Crippen LogP contribution in [-0.2, 0) is 16.0 Å². The van der Waals surface area contributed by atoms with Crippen molar-refractivity contribution >= 4 is 40.9 Å². The van der Waals surface area contributed by atoms with Crippen molar-refractivity contribution in [3.8, 4) is 0 Å². The molecule has 1 unspecified atom stereocenters. The number of rotatable bonds is 5. The Bertz CT molecular complexity index is 916. The van der Waals surface area contributed by atoms with Crippen LogP contribution in [0.25, 0.3) is 0 Å². The third kappa shape index (κ3) is 4.31. The minimum Gasteiger partial charge on any atom is -0.337 e. The molecule has 1 aliphatic rings. The number of hydrogen-bond donors (Lipinski definition) is 1. The molecule has 2 aromatic rings. The van der Waals surface area contributed by atoms with E-state index in [2.05, 4.69) is 5.32 Å². The molecule has 27 heavy (non-hydrogen) atoms. The van der Waals surface area contributed by atoms with Gasteiger partial charge in [0, 0.05) is 22.2 Å². The molecular weight excluding hydrogens is 387 g/mol. The predicted octanol–water partition coefficient (Wildman–Crippen LogP) is 3.48. The molecule has 1 aliphatic heterocycles. The number of nitrogens with one attached hydrogen (secondary N) is 1. The summed E-state index contributed by atoms with van der Waals surface area (Å²) in [5.74, 6) is -1.17. The highest BCUT2D eigenvalue weighted by Crippen LogP contribution is 2.25. The zero-order valence-corrected chi connectivity index (χ0v) is 16.2. The van der Waals surface area contributed by atoms with Gasteiger partial charge in [0.2, 0.25) is 5.91 Å². The van der Waals surface area contributed by atoms with Gasteiger partial charge < -0.3 is 5.32 Å². The zero-order valence-electron chi connectivity index (χ0n) is 14.7. The molecule has 1 fully saturated rings. The van der Waals surface area contributed by atoms with Crippen LogP contribution in [0.15, 0.2) is 48.5 Å². The van der Waals surface area contributed by atoms with E-state index in [0.29, 0.717) is 22.0 Å². The SMILES string of the molecule is CC1(NC(=O)c2cccc(Cl)c2)CC(=O)N(CCc2cccc(Cl)c2)C1=O. The molecule has 140 valence electrons. The Balaban J connectivity index is 1.69. The standard InChI is InChI=1S/C20H18Cl2N2O3/c1-20(23-18(26)14-5-3-7-16(22)11-14)12-17(25)24(19(20)27)9-8-13-4-2-6-15(21)10-13/h2-7,10-11H,8-9,12H2,1H3,(H,23,26). The summed E-state index contributed by atoms with van der Waals surface area (Å²) in [5.41, 5.74) is -0.00817. The Kier molecular flexibility index (Phi) is 5.53. The molecule has 0 saturated carbocycles. The quantitative estimate of drug-likeness (QED) is 0.775. The average molecular weight is 405 g/mol. The van der Waals surface area contributed by atoms with Crippen LogP contribution < -0.4 is 5.32 Å². The van der Waals surface area contributed by atoms with Crippen LogP contribution >= 0.6 is 23.2 Å². The van der Waals surface area contributed by atoms with Gasteiger partial charge in [-0.3, -0.25) is 19.3 Å². The van der Waals surface area contributed by atoms with Crippen molar-refractivity contribution in [3.05, 3.63) is 69.7 Å². The van der Waals surface area contributed by atoms with E-state index in [9.17, 15) is 14.4 Å². The molecule has 0 bridgehead atoms. The first kappa shape index (κ1) is 19.4. The number of likely N-dealkylation sites (tertiary alicyclic amines) is 1. The number of imide groups is 1. The molecule has 0 spiro atoms. The number of hydrogen-bond acceptors (Lipinski definition) is 3. The maximum absolute atomic E-state index is 12.8. The smallest absolute Gasteiger partial charge is 0.255 e. The molecule has 3 amide bonds. The first-order valence-corrected chi connectivity index (χ1v) is 9.21. The summed E-state index contributed by atoms with van der Waals surface area (Å²) in [6.07, 6.45) is 0.421. The van der Waals surface area contributed by atoms with Crippen LogP contribution in [0.2, 0.25) is 10.0 Å². The van der Waals surface area contributed by atoms with E-state index in [-0.39, 0.29) is 18.9 Å². The van der Waals surface area contributed by atoms with Crippen LogP contribution in [0.3, 0.4) is 0 Å². The van der Waals surface area contributed by atoms with Crippen LogP contribution in [0.1, 0.15) is 29.3 Å². The Morgan fingerprint density at radius 1 is 1.11 bits per heavy atom. The fourth-order valence-corrected chi connectivity index (χ4v) is 3.50. The predicted molar refractivity (Wildman–Crippen MR) is 104 cm³/mol. The number of halogens is 2. The van der Waals surface area contributed by atoms with E-state index in [1.165, 1.54) is 11.0 Å². The van der Waals surface area contributed by atoms with Gasteiger partial charge in [0.1, 0.15) is 5.54 Å². The number of benzene rings is 2. The molecule has 7 heteroatoms. The highest BCUT2D eigenvalue weighted by molar-refractivity contribution is 6.31. The van der Waals surface area contributed by atoms with Crippen molar-refractivity contribution in [3.63, 3.8) is 0 Å². The summed E-state index contributed by atoms with van der Waals surface area (Å²) in [5, 5.41) is 3.71. The van der Waals surface area contributed by atoms with Gasteiger partial charge in [0.25, 0.3) is 11.8 Å². The van der Waals surface area contributed by atoms with Crippen molar-refractivity contribution in [2.75, 3.05) is 6.54 Å². The van der Waals surface area contributed by atoms with Gasteiger partial charge in [-0.25, -0.2) is 0 Å². The topological polar surface area (TPSA) is 66.5 Å². The van der Waals surface area contributed by atoms with E-state index >= 15 is 0 Å². The first-order valence-electron chi connectivity index (χ1n) is 8.46.